The molecule has 0 saturated carbocycles. The van der Waals surface area contributed by atoms with E-state index in [1.165, 1.54) is 0 Å². The quantitative estimate of drug-likeness (QED) is 0.697. The maximum absolute atomic E-state index is 11.8. The van der Waals surface area contributed by atoms with Crippen molar-refractivity contribution in [2.75, 3.05) is 53.4 Å². The van der Waals surface area contributed by atoms with Crippen LogP contribution in [0.3, 0.4) is 0 Å². The summed E-state index contributed by atoms with van der Waals surface area (Å²) in [5, 5.41) is 0. The third kappa shape index (κ3) is 6.32. The average molecular weight is 267 g/mol. The average Bonchev–Trinajstić information content (AvgIpc) is 2.27. The molecule has 0 unspecified atom stereocenters. The van der Waals surface area contributed by atoms with Gasteiger partial charge in [0.2, 0.25) is 0 Å². The molecule has 4 heteroatoms. The highest BCUT2D eigenvalue weighted by Gasteiger charge is 2.25. The van der Waals surface area contributed by atoms with Gasteiger partial charge in [-0.2, -0.15) is 0 Å². The number of nitrogens with zero attached hydrogens (tertiary/aromatic N) is 3. The SMILES string of the molecule is CN(C)C/C=C/C(=O)CN1CCN(C(C)(C)C)CC1. The molecule has 1 rings (SSSR count). The van der Waals surface area contributed by atoms with Gasteiger partial charge in [0.05, 0.1) is 6.54 Å². The maximum atomic E-state index is 11.8. The Bertz CT molecular complexity index is 310. The van der Waals surface area contributed by atoms with Crippen molar-refractivity contribution >= 4 is 5.78 Å². The number of likely N-dealkylation sites (N-methyl/N-ethyl adjacent to an activating group) is 1. The van der Waals surface area contributed by atoms with Gasteiger partial charge < -0.3 is 4.90 Å². The van der Waals surface area contributed by atoms with Crippen LogP contribution in [0, 0.1) is 0 Å². The van der Waals surface area contributed by atoms with Gasteiger partial charge in [-0.15, -0.1) is 0 Å². The second-order valence-electron chi connectivity index (χ2n) is 6.56. The summed E-state index contributed by atoms with van der Waals surface area (Å²) in [7, 11) is 4.00. The number of piperazine rings is 1. The molecule has 1 aliphatic heterocycles. The summed E-state index contributed by atoms with van der Waals surface area (Å²) >= 11 is 0. The minimum absolute atomic E-state index is 0.214. The fraction of sp³-hybridized carbons (Fsp3) is 0.800. The van der Waals surface area contributed by atoms with Gasteiger partial charge in [-0.3, -0.25) is 14.6 Å². The minimum Gasteiger partial charge on any atom is -0.306 e. The standard InChI is InChI=1S/C15H29N3O/c1-15(2,3)18-11-9-17(10-12-18)13-14(19)7-6-8-16(4)5/h6-7H,8-13H2,1-5H3/b7-6+. The molecule has 1 aliphatic rings. The van der Waals surface area contributed by atoms with Crippen LogP contribution in [0.4, 0.5) is 0 Å². The molecule has 0 N–H and O–H groups in total. The van der Waals surface area contributed by atoms with E-state index in [0.29, 0.717) is 6.54 Å². The first-order chi connectivity index (χ1) is 8.79. The molecule has 1 fully saturated rings. The molecule has 0 aromatic heterocycles. The van der Waals surface area contributed by atoms with E-state index in [0.717, 1.165) is 32.7 Å². The van der Waals surface area contributed by atoms with Crippen molar-refractivity contribution in [3.63, 3.8) is 0 Å². The number of hydrogen-bond donors (Lipinski definition) is 0. The summed E-state index contributed by atoms with van der Waals surface area (Å²) < 4.78 is 0. The normalized spacial score (nSPS) is 19.5. The van der Waals surface area contributed by atoms with E-state index in [1.54, 1.807) is 6.08 Å². The van der Waals surface area contributed by atoms with Crippen molar-refractivity contribution in [2.45, 2.75) is 26.3 Å². The second kappa shape index (κ2) is 7.17. The molecular weight excluding hydrogens is 238 g/mol. The fourth-order valence-corrected chi connectivity index (χ4v) is 2.24. The zero-order valence-electron chi connectivity index (χ0n) is 13.1. The molecule has 1 heterocycles. The zero-order valence-corrected chi connectivity index (χ0v) is 13.1. The molecule has 0 aromatic carbocycles. The summed E-state index contributed by atoms with van der Waals surface area (Å²) in [4.78, 5) is 18.6. The van der Waals surface area contributed by atoms with E-state index < -0.39 is 0 Å². The van der Waals surface area contributed by atoms with Gasteiger partial charge in [0.15, 0.2) is 5.78 Å². The van der Waals surface area contributed by atoms with Gasteiger partial charge in [0, 0.05) is 38.3 Å². The highest BCUT2D eigenvalue weighted by Crippen LogP contribution is 2.15. The summed E-state index contributed by atoms with van der Waals surface area (Å²) in [5.74, 6) is 0.214. The lowest BCUT2D eigenvalue weighted by molar-refractivity contribution is -0.116. The monoisotopic (exact) mass is 267 g/mol. The van der Waals surface area contributed by atoms with Crippen LogP contribution < -0.4 is 0 Å². The van der Waals surface area contributed by atoms with Gasteiger partial charge in [-0.25, -0.2) is 0 Å². The van der Waals surface area contributed by atoms with Crippen LogP contribution in [0.1, 0.15) is 20.8 Å². The Labute approximate surface area is 118 Å². The van der Waals surface area contributed by atoms with Gasteiger partial charge in [-0.05, 0) is 40.9 Å². The number of carbonyl (C=O) groups excluding carboxylic acids is 1. The van der Waals surface area contributed by atoms with Crippen LogP contribution in [0.15, 0.2) is 12.2 Å². The zero-order chi connectivity index (χ0) is 14.5. The lowest BCUT2D eigenvalue weighted by atomic mass is 10.0. The van der Waals surface area contributed by atoms with Gasteiger partial charge in [-0.1, -0.05) is 6.08 Å². The Morgan fingerprint density at radius 2 is 1.74 bits per heavy atom. The summed E-state index contributed by atoms with van der Waals surface area (Å²) in [6.07, 6.45) is 3.66. The maximum Gasteiger partial charge on any atom is 0.169 e. The third-order valence-electron chi connectivity index (χ3n) is 3.47. The summed E-state index contributed by atoms with van der Waals surface area (Å²) in [6.45, 7) is 12.2. The lowest BCUT2D eigenvalue weighted by Crippen LogP contribution is -2.54. The van der Waals surface area contributed by atoms with E-state index in [4.69, 9.17) is 0 Å². The Kier molecular flexibility index (Phi) is 6.17. The van der Waals surface area contributed by atoms with Crippen LogP contribution in [0.2, 0.25) is 0 Å². The highest BCUT2D eigenvalue weighted by atomic mass is 16.1. The highest BCUT2D eigenvalue weighted by molar-refractivity contribution is 5.91. The topological polar surface area (TPSA) is 26.8 Å². The van der Waals surface area contributed by atoms with E-state index in [9.17, 15) is 4.79 Å². The van der Waals surface area contributed by atoms with E-state index in [-0.39, 0.29) is 11.3 Å². The Morgan fingerprint density at radius 3 is 2.21 bits per heavy atom. The van der Waals surface area contributed by atoms with Crippen LogP contribution in [-0.4, -0.2) is 79.4 Å². The van der Waals surface area contributed by atoms with Gasteiger partial charge >= 0.3 is 0 Å². The Hall–Kier alpha value is -0.710. The molecule has 4 nitrogen and oxygen atoms in total. The van der Waals surface area contributed by atoms with Crippen LogP contribution in [0.5, 0.6) is 0 Å². The molecule has 1 saturated heterocycles. The Balaban J connectivity index is 2.29. The van der Waals surface area contributed by atoms with Crippen molar-refractivity contribution in [3.8, 4) is 0 Å². The summed E-state index contributed by atoms with van der Waals surface area (Å²) in [6, 6.07) is 0. The first-order valence-electron chi connectivity index (χ1n) is 7.10. The van der Waals surface area contributed by atoms with E-state index in [2.05, 4.69) is 30.6 Å². The predicted octanol–water partition coefficient (Wildman–Crippen LogP) is 1.09. The smallest absolute Gasteiger partial charge is 0.169 e. The van der Waals surface area contributed by atoms with Crippen LogP contribution in [-0.2, 0) is 4.79 Å². The minimum atomic E-state index is 0.214. The van der Waals surface area contributed by atoms with Crippen LogP contribution >= 0.6 is 0 Å². The van der Waals surface area contributed by atoms with Crippen molar-refractivity contribution < 1.29 is 4.79 Å². The molecule has 0 aliphatic carbocycles. The lowest BCUT2D eigenvalue weighted by Gasteiger charge is -2.42. The molecule has 0 amide bonds. The first-order valence-corrected chi connectivity index (χ1v) is 7.10. The third-order valence-corrected chi connectivity index (χ3v) is 3.47. The van der Waals surface area contributed by atoms with E-state index in [1.807, 2.05) is 25.1 Å². The molecular formula is C15H29N3O. The van der Waals surface area contributed by atoms with Crippen molar-refractivity contribution in [2.24, 2.45) is 0 Å². The van der Waals surface area contributed by atoms with Gasteiger partial charge in [0.1, 0.15) is 0 Å². The molecule has 110 valence electrons. The second-order valence-corrected chi connectivity index (χ2v) is 6.56. The largest absolute Gasteiger partial charge is 0.306 e. The van der Waals surface area contributed by atoms with Gasteiger partial charge in [0.25, 0.3) is 0 Å². The van der Waals surface area contributed by atoms with Crippen molar-refractivity contribution in [1.82, 2.24) is 14.7 Å². The molecule has 0 spiro atoms. The number of ketones is 1. The number of hydrogen-bond acceptors (Lipinski definition) is 4. The molecule has 19 heavy (non-hydrogen) atoms. The van der Waals surface area contributed by atoms with Crippen LogP contribution in [0.25, 0.3) is 0 Å². The molecule has 0 radical (unpaired) electrons. The first kappa shape index (κ1) is 16.3. The number of carbonyl (C=O) groups is 1. The predicted molar refractivity (Wildman–Crippen MR) is 80.5 cm³/mol. The molecule has 0 aromatic rings. The Morgan fingerprint density at radius 1 is 1.16 bits per heavy atom. The summed E-state index contributed by atoms with van der Waals surface area (Å²) in [5.41, 5.74) is 0.238. The van der Waals surface area contributed by atoms with Crippen molar-refractivity contribution in [1.29, 1.82) is 0 Å². The number of rotatable bonds is 5. The fourth-order valence-electron chi connectivity index (χ4n) is 2.24. The van der Waals surface area contributed by atoms with E-state index >= 15 is 0 Å². The molecule has 0 atom stereocenters. The molecule has 0 bridgehead atoms. The van der Waals surface area contributed by atoms with Crippen molar-refractivity contribution in [3.05, 3.63) is 12.2 Å².